The molecular weight excluding hydrogens is 205 g/mol. The highest BCUT2D eigenvalue weighted by molar-refractivity contribution is 5.75. The highest BCUT2D eigenvalue weighted by atomic mass is 19.1. The number of para-hydroxylation sites is 1. The Kier molecular flexibility index (Phi) is 2.36. The van der Waals surface area contributed by atoms with Crippen molar-refractivity contribution >= 4 is 11.0 Å². The standard InChI is InChI=1S/C12H14FN3/c13-10-4-1-5-11-12(10)15-8-16(11)9-3-2-6-14-7-9/h1,4-5,8-9,14H,2-3,6-7H2. The number of halogens is 1. The fourth-order valence-electron chi connectivity index (χ4n) is 2.38. The monoisotopic (exact) mass is 219 g/mol. The number of hydrogen-bond donors (Lipinski definition) is 1. The van der Waals surface area contributed by atoms with E-state index < -0.39 is 0 Å². The normalized spacial score (nSPS) is 21.4. The molecule has 3 rings (SSSR count). The molecule has 1 aromatic heterocycles. The van der Waals surface area contributed by atoms with E-state index in [0.717, 1.165) is 25.0 Å². The van der Waals surface area contributed by atoms with Crippen molar-refractivity contribution in [3.8, 4) is 0 Å². The number of aromatic nitrogens is 2. The maximum Gasteiger partial charge on any atom is 0.151 e. The van der Waals surface area contributed by atoms with Crippen LogP contribution in [0.3, 0.4) is 0 Å². The van der Waals surface area contributed by atoms with Crippen LogP contribution in [0.15, 0.2) is 24.5 Å². The van der Waals surface area contributed by atoms with Crippen molar-refractivity contribution in [1.82, 2.24) is 14.9 Å². The predicted molar refractivity (Wildman–Crippen MR) is 60.8 cm³/mol. The number of imidazole rings is 1. The Morgan fingerprint density at radius 1 is 1.44 bits per heavy atom. The molecule has 1 unspecified atom stereocenters. The zero-order valence-corrected chi connectivity index (χ0v) is 8.99. The number of piperidine rings is 1. The number of benzene rings is 1. The van der Waals surface area contributed by atoms with Crippen molar-refractivity contribution in [2.45, 2.75) is 18.9 Å². The second-order valence-electron chi connectivity index (χ2n) is 4.26. The molecule has 1 fully saturated rings. The number of nitrogens with one attached hydrogen (secondary N) is 1. The smallest absolute Gasteiger partial charge is 0.151 e. The summed E-state index contributed by atoms with van der Waals surface area (Å²) in [4.78, 5) is 4.15. The van der Waals surface area contributed by atoms with Gasteiger partial charge in [-0.15, -0.1) is 0 Å². The second kappa shape index (κ2) is 3.87. The first kappa shape index (κ1) is 9.78. The lowest BCUT2D eigenvalue weighted by Gasteiger charge is -2.24. The molecule has 0 spiro atoms. The second-order valence-corrected chi connectivity index (χ2v) is 4.26. The van der Waals surface area contributed by atoms with Crippen LogP contribution in [0.25, 0.3) is 11.0 Å². The topological polar surface area (TPSA) is 29.9 Å². The average Bonchev–Trinajstić information content (AvgIpc) is 2.75. The zero-order valence-electron chi connectivity index (χ0n) is 8.99. The number of nitrogens with zero attached hydrogens (tertiary/aromatic N) is 2. The molecule has 0 bridgehead atoms. The van der Waals surface area contributed by atoms with Crippen LogP contribution in [-0.4, -0.2) is 22.6 Å². The van der Waals surface area contributed by atoms with Crippen LogP contribution in [-0.2, 0) is 0 Å². The van der Waals surface area contributed by atoms with Gasteiger partial charge in [-0.1, -0.05) is 6.07 Å². The van der Waals surface area contributed by atoms with Gasteiger partial charge in [0.15, 0.2) is 5.82 Å². The molecular formula is C12H14FN3. The molecule has 1 aliphatic rings. The minimum Gasteiger partial charge on any atom is -0.326 e. The highest BCUT2D eigenvalue weighted by Crippen LogP contribution is 2.23. The van der Waals surface area contributed by atoms with Gasteiger partial charge in [-0.25, -0.2) is 9.37 Å². The van der Waals surface area contributed by atoms with E-state index in [0.29, 0.717) is 11.6 Å². The molecule has 2 aromatic rings. The van der Waals surface area contributed by atoms with E-state index in [1.54, 1.807) is 12.4 Å². The molecule has 1 N–H and O–H groups in total. The third-order valence-electron chi connectivity index (χ3n) is 3.22. The Morgan fingerprint density at radius 2 is 2.38 bits per heavy atom. The van der Waals surface area contributed by atoms with E-state index in [4.69, 9.17) is 0 Å². The molecule has 3 nitrogen and oxygen atoms in total. The number of hydrogen-bond acceptors (Lipinski definition) is 2. The van der Waals surface area contributed by atoms with Gasteiger partial charge >= 0.3 is 0 Å². The quantitative estimate of drug-likeness (QED) is 0.796. The van der Waals surface area contributed by atoms with Gasteiger partial charge in [0.25, 0.3) is 0 Å². The molecule has 1 aromatic carbocycles. The van der Waals surface area contributed by atoms with Gasteiger partial charge in [0, 0.05) is 12.6 Å². The summed E-state index contributed by atoms with van der Waals surface area (Å²) in [5.41, 5.74) is 1.38. The summed E-state index contributed by atoms with van der Waals surface area (Å²) in [5, 5.41) is 3.36. The number of rotatable bonds is 1. The minimum atomic E-state index is -0.236. The lowest BCUT2D eigenvalue weighted by atomic mass is 10.1. The Labute approximate surface area is 93.3 Å². The summed E-state index contributed by atoms with van der Waals surface area (Å²) < 4.78 is 15.6. The van der Waals surface area contributed by atoms with Gasteiger partial charge in [-0.05, 0) is 31.5 Å². The Bertz CT molecular complexity index is 500. The van der Waals surface area contributed by atoms with E-state index in [9.17, 15) is 4.39 Å². The molecule has 0 radical (unpaired) electrons. The fraction of sp³-hybridized carbons (Fsp3) is 0.417. The molecule has 4 heteroatoms. The largest absolute Gasteiger partial charge is 0.326 e. The fourth-order valence-corrected chi connectivity index (χ4v) is 2.38. The van der Waals surface area contributed by atoms with Crippen LogP contribution in [0.5, 0.6) is 0 Å². The molecule has 84 valence electrons. The van der Waals surface area contributed by atoms with Crippen molar-refractivity contribution in [2.24, 2.45) is 0 Å². The van der Waals surface area contributed by atoms with Crippen molar-refractivity contribution in [3.63, 3.8) is 0 Å². The molecule has 16 heavy (non-hydrogen) atoms. The zero-order chi connectivity index (χ0) is 11.0. The van der Waals surface area contributed by atoms with Crippen LogP contribution in [0.4, 0.5) is 4.39 Å². The van der Waals surface area contributed by atoms with Gasteiger partial charge in [0.2, 0.25) is 0 Å². The van der Waals surface area contributed by atoms with Gasteiger partial charge in [0.1, 0.15) is 5.52 Å². The van der Waals surface area contributed by atoms with Gasteiger partial charge in [-0.2, -0.15) is 0 Å². The van der Waals surface area contributed by atoms with Crippen molar-refractivity contribution in [3.05, 3.63) is 30.3 Å². The predicted octanol–water partition coefficient (Wildman–Crippen LogP) is 2.10. The van der Waals surface area contributed by atoms with Gasteiger partial charge in [-0.3, -0.25) is 0 Å². The highest BCUT2D eigenvalue weighted by Gasteiger charge is 2.17. The Morgan fingerprint density at radius 3 is 3.19 bits per heavy atom. The third-order valence-corrected chi connectivity index (χ3v) is 3.22. The summed E-state index contributed by atoms with van der Waals surface area (Å²) in [6, 6.07) is 5.53. The first-order valence-corrected chi connectivity index (χ1v) is 5.68. The summed E-state index contributed by atoms with van der Waals surface area (Å²) in [5.74, 6) is -0.236. The maximum atomic E-state index is 13.5. The van der Waals surface area contributed by atoms with E-state index in [1.165, 1.54) is 12.5 Å². The third kappa shape index (κ3) is 1.50. The van der Waals surface area contributed by atoms with Crippen LogP contribution in [0, 0.1) is 5.82 Å². The van der Waals surface area contributed by atoms with E-state index in [2.05, 4.69) is 14.9 Å². The summed E-state index contributed by atoms with van der Waals surface area (Å²) >= 11 is 0. The van der Waals surface area contributed by atoms with Crippen molar-refractivity contribution < 1.29 is 4.39 Å². The molecule has 0 amide bonds. The molecule has 1 aliphatic heterocycles. The molecule has 2 heterocycles. The van der Waals surface area contributed by atoms with Gasteiger partial charge < -0.3 is 9.88 Å². The lowest BCUT2D eigenvalue weighted by molar-refractivity contribution is 0.378. The summed E-state index contributed by atoms with van der Waals surface area (Å²) in [6.45, 7) is 2.03. The summed E-state index contributed by atoms with van der Waals surface area (Å²) in [7, 11) is 0. The first-order valence-electron chi connectivity index (χ1n) is 5.68. The van der Waals surface area contributed by atoms with E-state index in [1.807, 2.05) is 6.07 Å². The first-order chi connectivity index (χ1) is 7.86. The molecule has 1 atom stereocenters. The van der Waals surface area contributed by atoms with Crippen LogP contribution in [0.1, 0.15) is 18.9 Å². The van der Waals surface area contributed by atoms with E-state index in [-0.39, 0.29) is 5.82 Å². The SMILES string of the molecule is Fc1cccc2c1ncn2C1CCCNC1. The van der Waals surface area contributed by atoms with Crippen molar-refractivity contribution in [2.75, 3.05) is 13.1 Å². The molecule has 0 saturated carbocycles. The lowest BCUT2D eigenvalue weighted by Crippen LogP contribution is -2.31. The Balaban J connectivity index is 2.06. The van der Waals surface area contributed by atoms with Crippen LogP contribution < -0.4 is 5.32 Å². The number of fused-ring (bicyclic) bond motifs is 1. The van der Waals surface area contributed by atoms with E-state index >= 15 is 0 Å². The average molecular weight is 219 g/mol. The minimum absolute atomic E-state index is 0.236. The van der Waals surface area contributed by atoms with Crippen LogP contribution in [0.2, 0.25) is 0 Å². The molecule has 0 aliphatic carbocycles. The van der Waals surface area contributed by atoms with Crippen LogP contribution >= 0.6 is 0 Å². The van der Waals surface area contributed by atoms with Crippen molar-refractivity contribution in [1.29, 1.82) is 0 Å². The Hall–Kier alpha value is -1.42. The van der Waals surface area contributed by atoms with Gasteiger partial charge in [0.05, 0.1) is 11.8 Å². The summed E-state index contributed by atoms with van der Waals surface area (Å²) in [6.07, 6.45) is 4.06. The molecule has 1 saturated heterocycles. The maximum absolute atomic E-state index is 13.5.